The number of rotatable bonds is 2. The third-order valence-electron chi connectivity index (χ3n) is 6.13. The third-order valence-corrected chi connectivity index (χ3v) is 6.13. The molecule has 1 aliphatic carbocycles. The summed E-state index contributed by atoms with van der Waals surface area (Å²) in [7, 11) is 0. The van der Waals surface area contributed by atoms with Crippen LogP contribution in [0.5, 0.6) is 0 Å². The van der Waals surface area contributed by atoms with Crippen molar-refractivity contribution in [3.05, 3.63) is 0 Å². The van der Waals surface area contributed by atoms with Gasteiger partial charge in [0.2, 0.25) is 11.8 Å². The molecule has 24 heavy (non-hydrogen) atoms. The zero-order valence-electron chi connectivity index (χ0n) is 14.8. The highest BCUT2D eigenvalue weighted by molar-refractivity contribution is 5.85. The lowest BCUT2D eigenvalue weighted by Gasteiger charge is -2.42. The van der Waals surface area contributed by atoms with Gasteiger partial charge in [-0.3, -0.25) is 9.59 Å². The van der Waals surface area contributed by atoms with Crippen molar-refractivity contribution in [2.24, 2.45) is 17.6 Å². The Balaban J connectivity index is 0.00000208. The van der Waals surface area contributed by atoms with E-state index in [4.69, 9.17) is 5.73 Å². The summed E-state index contributed by atoms with van der Waals surface area (Å²) in [5.74, 6) is 0.618. The topological polar surface area (TPSA) is 66.6 Å². The van der Waals surface area contributed by atoms with E-state index in [0.29, 0.717) is 5.91 Å². The van der Waals surface area contributed by atoms with E-state index in [-0.39, 0.29) is 35.7 Å². The molecule has 2 heterocycles. The summed E-state index contributed by atoms with van der Waals surface area (Å²) in [5.41, 5.74) is 6.02. The van der Waals surface area contributed by atoms with Crippen LogP contribution < -0.4 is 5.73 Å². The first kappa shape index (κ1) is 19.5. The van der Waals surface area contributed by atoms with Gasteiger partial charge >= 0.3 is 0 Å². The number of nitrogens with zero attached hydrogens (tertiary/aromatic N) is 2. The molecule has 138 valence electrons. The van der Waals surface area contributed by atoms with E-state index in [1.807, 2.05) is 16.7 Å². The fourth-order valence-electron chi connectivity index (χ4n) is 4.53. The van der Waals surface area contributed by atoms with Crippen LogP contribution in [0.15, 0.2) is 0 Å². The number of hydrogen-bond donors (Lipinski definition) is 1. The Hall–Kier alpha value is -0.810. The molecule has 3 rings (SSSR count). The van der Waals surface area contributed by atoms with Crippen LogP contribution in [-0.2, 0) is 9.59 Å². The molecule has 2 saturated heterocycles. The lowest BCUT2D eigenvalue weighted by molar-refractivity contribution is -0.144. The molecule has 2 N–H and O–H groups in total. The molecule has 0 aromatic carbocycles. The van der Waals surface area contributed by atoms with E-state index in [1.54, 1.807) is 0 Å². The summed E-state index contributed by atoms with van der Waals surface area (Å²) >= 11 is 0. The van der Waals surface area contributed by atoms with Crippen LogP contribution in [0, 0.1) is 11.8 Å². The predicted molar refractivity (Wildman–Crippen MR) is 96.9 cm³/mol. The minimum atomic E-state index is -0.364. The van der Waals surface area contributed by atoms with Gasteiger partial charge in [0.05, 0.1) is 5.92 Å². The van der Waals surface area contributed by atoms with Gasteiger partial charge in [0, 0.05) is 37.6 Å². The summed E-state index contributed by atoms with van der Waals surface area (Å²) in [4.78, 5) is 29.3. The standard InChI is InChI=1S/C18H31N3O2.ClH/c1-18(19)9-3-2-6-15(18)17(23)21-12-7-14(8-13-21)16(22)20-10-4-5-11-20;/h14-15H,2-13,19H2,1H3;1H. The first-order valence-electron chi connectivity index (χ1n) is 9.35. The third kappa shape index (κ3) is 4.05. The van der Waals surface area contributed by atoms with Crippen LogP contribution in [0.25, 0.3) is 0 Å². The summed E-state index contributed by atoms with van der Waals surface area (Å²) in [5, 5.41) is 0. The van der Waals surface area contributed by atoms with Gasteiger partial charge in [-0.25, -0.2) is 0 Å². The lowest BCUT2D eigenvalue weighted by atomic mass is 9.73. The summed E-state index contributed by atoms with van der Waals surface area (Å²) < 4.78 is 0. The summed E-state index contributed by atoms with van der Waals surface area (Å²) in [6, 6.07) is 0. The second kappa shape index (κ2) is 8.05. The average Bonchev–Trinajstić information content (AvgIpc) is 3.08. The maximum atomic E-state index is 12.9. The van der Waals surface area contributed by atoms with E-state index in [0.717, 1.165) is 77.5 Å². The van der Waals surface area contributed by atoms with Crippen molar-refractivity contribution < 1.29 is 9.59 Å². The Morgan fingerprint density at radius 1 is 0.875 bits per heavy atom. The Kier molecular flexibility index (Phi) is 6.54. The molecule has 0 radical (unpaired) electrons. The van der Waals surface area contributed by atoms with Crippen molar-refractivity contribution >= 4 is 24.2 Å². The average molecular weight is 358 g/mol. The molecule has 0 aromatic rings. The number of amides is 2. The van der Waals surface area contributed by atoms with Gasteiger partial charge in [0.1, 0.15) is 0 Å². The summed E-state index contributed by atoms with van der Waals surface area (Å²) in [6.07, 6.45) is 7.99. The van der Waals surface area contributed by atoms with Gasteiger partial charge in [0.15, 0.2) is 0 Å². The smallest absolute Gasteiger partial charge is 0.227 e. The van der Waals surface area contributed by atoms with E-state index < -0.39 is 0 Å². The van der Waals surface area contributed by atoms with Gasteiger partial charge in [-0.05, 0) is 45.4 Å². The zero-order valence-corrected chi connectivity index (χ0v) is 15.7. The first-order valence-corrected chi connectivity index (χ1v) is 9.35. The van der Waals surface area contributed by atoms with Gasteiger partial charge in [-0.15, -0.1) is 12.4 Å². The number of piperidine rings is 1. The molecule has 0 aromatic heterocycles. The molecule has 1 saturated carbocycles. The quantitative estimate of drug-likeness (QED) is 0.823. The summed E-state index contributed by atoms with van der Waals surface area (Å²) in [6.45, 7) is 5.31. The lowest BCUT2D eigenvalue weighted by Crippen LogP contribution is -2.55. The van der Waals surface area contributed by atoms with Crippen molar-refractivity contribution in [3.63, 3.8) is 0 Å². The molecule has 3 aliphatic rings. The van der Waals surface area contributed by atoms with E-state index in [9.17, 15) is 9.59 Å². The van der Waals surface area contributed by atoms with Crippen LogP contribution in [0.1, 0.15) is 58.3 Å². The second-order valence-electron chi connectivity index (χ2n) is 7.94. The van der Waals surface area contributed by atoms with Crippen molar-refractivity contribution in [2.75, 3.05) is 26.2 Å². The Morgan fingerprint density at radius 3 is 2.04 bits per heavy atom. The van der Waals surface area contributed by atoms with Crippen LogP contribution in [0.2, 0.25) is 0 Å². The molecule has 5 nitrogen and oxygen atoms in total. The van der Waals surface area contributed by atoms with Crippen LogP contribution in [0.3, 0.4) is 0 Å². The fraction of sp³-hybridized carbons (Fsp3) is 0.889. The Morgan fingerprint density at radius 2 is 1.46 bits per heavy atom. The number of hydrogen-bond acceptors (Lipinski definition) is 3. The number of carbonyl (C=O) groups excluding carboxylic acids is 2. The molecule has 6 heteroatoms. The maximum absolute atomic E-state index is 12.9. The van der Waals surface area contributed by atoms with Crippen molar-refractivity contribution in [2.45, 2.75) is 63.8 Å². The minimum absolute atomic E-state index is 0. The van der Waals surface area contributed by atoms with Crippen molar-refractivity contribution in [3.8, 4) is 0 Å². The minimum Gasteiger partial charge on any atom is -0.342 e. The van der Waals surface area contributed by atoms with E-state index in [1.165, 1.54) is 0 Å². The second-order valence-corrected chi connectivity index (χ2v) is 7.94. The van der Waals surface area contributed by atoms with Crippen molar-refractivity contribution in [1.29, 1.82) is 0 Å². The SMILES string of the molecule is CC1(N)CCCCC1C(=O)N1CCC(C(=O)N2CCCC2)CC1.Cl. The molecule has 0 bridgehead atoms. The first-order chi connectivity index (χ1) is 11.0. The Bertz CT molecular complexity index is 455. The molecule has 3 fully saturated rings. The number of likely N-dealkylation sites (tertiary alicyclic amines) is 2. The normalized spacial score (nSPS) is 31.7. The highest BCUT2D eigenvalue weighted by Crippen LogP contribution is 2.34. The zero-order chi connectivity index (χ0) is 16.4. The monoisotopic (exact) mass is 357 g/mol. The molecule has 2 unspecified atom stereocenters. The van der Waals surface area contributed by atoms with E-state index in [2.05, 4.69) is 0 Å². The van der Waals surface area contributed by atoms with Gasteiger partial charge in [-0.1, -0.05) is 12.8 Å². The molecule has 2 atom stereocenters. The van der Waals surface area contributed by atoms with Crippen LogP contribution >= 0.6 is 12.4 Å². The number of halogens is 1. The maximum Gasteiger partial charge on any atom is 0.227 e. The fourth-order valence-corrected chi connectivity index (χ4v) is 4.53. The highest BCUT2D eigenvalue weighted by Gasteiger charge is 2.41. The number of carbonyl (C=O) groups is 2. The molecule has 2 aliphatic heterocycles. The highest BCUT2D eigenvalue weighted by atomic mass is 35.5. The predicted octanol–water partition coefficient (Wildman–Crippen LogP) is 2.18. The molecule has 0 spiro atoms. The van der Waals surface area contributed by atoms with E-state index >= 15 is 0 Å². The molecular formula is C18H32ClN3O2. The van der Waals surface area contributed by atoms with Gasteiger partial charge in [-0.2, -0.15) is 0 Å². The van der Waals surface area contributed by atoms with Gasteiger partial charge < -0.3 is 15.5 Å². The molecule has 2 amide bonds. The van der Waals surface area contributed by atoms with Gasteiger partial charge in [0.25, 0.3) is 0 Å². The molecular weight excluding hydrogens is 326 g/mol. The van der Waals surface area contributed by atoms with Crippen LogP contribution in [0.4, 0.5) is 0 Å². The van der Waals surface area contributed by atoms with Crippen LogP contribution in [-0.4, -0.2) is 53.3 Å². The largest absolute Gasteiger partial charge is 0.342 e. The number of nitrogens with two attached hydrogens (primary N) is 1. The van der Waals surface area contributed by atoms with Crippen molar-refractivity contribution in [1.82, 2.24) is 9.80 Å². The Labute approximate surface area is 151 Å².